The van der Waals surface area contributed by atoms with Crippen LogP contribution in [-0.2, 0) is 4.79 Å². The molecule has 1 aliphatic carbocycles. The lowest BCUT2D eigenvalue weighted by molar-refractivity contribution is -0.114. The molecule has 1 amide bonds. The number of hydrogen-bond donors (Lipinski definition) is 2. The molecule has 0 bridgehead atoms. The number of aromatic amines is 1. The quantitative estimate of drug-likeness (QED) is 0.291. The summed E-state index contributed by atoms with van der Waals surface area (Å²) in [6, 6.07) is 15.5. The number of amides is 1. The molecule has 1 unspecified atom stereocenters. The number of aromatic nitrogens is 4. The highest BCUT2D eigenvalue weighted by molar-refractivity contribution is 8.00. The van der Waals surface area contributed by atoms with E-state index in [4.69, 9.17) is 0 Å². The van der Waals surface area contributed by atoms with Crippen molar-refractivity contribution in [2.75, 3.05) is 5.32 Å². The molecule has 1 fully saturated rings. The van der Waals surface area contributed by atoms with Gasteiger partial charge in [0.15, 0.2) is 10.9 Å². The highest BCUT2D eigenvalue weighted by Gasteiger charge is 2.32. The minimum absolute atomic E-state index is 0.0597. The Balaban J connectivity index is 1.48. The Labute approximate surface area is 196 Å². The molecule has 4 aromatic rings. The average molecular weight is 460 g/mol. The molecular formula is C25H25N5O2S. The van der Waals surface area contributed by atoms with Crippen LogP contribution >= 0.6 is 11.8 Å². The van der Waals surface area contributed by atoms with E-state index in [1.165, 1.54) is 18.7 Å². The number of ketones is 1. The molecule has 33 heavy (non-hydrogen) atoms. The number of anilines is 1. The first kappa shape index (κ1) is 21.5. The second-order valence-electron chi connectivity index (χ2n) is 8.48. The number of rotatable bonds is 7. The zero-order valence-electron chi connectivity index (χ0n) is 18.8. The zero-order valence-corrected chi connectivity index (χ0v) is 19.6. The van der Waals surface area contributed by atoms with Crippen LogP contribution in [0.1, 0.15) is 54.5 Å². The maximum Gasteiger partial charge on any atom is 0.221 e. The van der Waals surface area contributed by atoms with Crippen molar-refractivity contribution in [3.8, 4) is 5.69 Å². The third-order valence-corrected chi connectivity index (χ3v) is 6.86. The minimum atomic E-state index is -0.351. The molecule has 168 valence electrons. The van der Waals surface area contributed by atoms with E-state index in [0.29, 0.717) is 16.8 Å². The molecule has 0 radical (unpaired) electrons. The molecule has 7 nitrogen and oxygen atoms in total. The van der Waals surface area contributed by atoms with Gasteiger partial charge in [0.2, 0.25) is 5.91 Å². The average Bonchev–Trinajstić information content (AvgIpc) is 3.46. The van der Waals surface area contributed by atoms with Crippen LogP contribution < -0.4 is 5.32 Å². The number of nitrogens with one attached hydrogen (secondary N) is 2. The van der Waals surface area contributed by atoms with Crippen molar-refractivity contribution < 1.29 is 9.59 Å². The number of para-hydroxylation sites is 1. The van der Waals surface area contributed by atoms with Gasteiger partial charge in [-0.15, -0.1) is 10.2 Å². The van der Waals surface area contributed by atoms with Gasteiger partial charge in [-0.25, -0.2) is 0 Å². The number of Topliss-reactive ketones (excluding diaryl/α,β-unsaturated/α-hetero) is 1. The van der Waals surface area contributed by atoms with Crippen LogP contribution in [0, 0.1) is 6.92 Å². The first-order chi connectivity index (χ1) is 15.9. The van der Waals surface area contributed by atoms with E-state index >= 15 is 0 Å². The highest BCUT2D eigenvalue weighted by atomic mass is 32.2. The molecule has 1 atom stereocenters. The van der Waals surface area contributed by atoms with Gasteiger partial charge in [-0.05, 0) is 51.0 Å². The fraction of sp³-hybridized carbons (Fsp3) is 0.280. The second-order valence-corrected chi connectivity index (χ2v) is 9.78. The zero-order chi connectivity index (χ0) is 23.1. The molecule has 2 heterocycles. The Bertz CT molecular complexity index is 1370. The summed E-state index contributed by atoms with van der Waals surface area (Å²) >= 11 is 1.41. The standard InChI is InChI=1S/C25H25N5O2S/c1-14-22(20-9-4-5-10-21(20)26-14)23(32)15(2)33-25-29-28-24(17-11-12-17)30(25)19-8-6-7-18(13-19)27-16(3)31/h4-10,13,15,17,26H,11-12H2,1-3H3,(H,27,31). The van der Waals surface area contributed by atoms with E-state index in [-0.39, 0.29) is 16.9 Å². The summed E-state index contributed by atoms with van der Waals surface area (Å²) in [6.45, 7) is 5.34. The molecule has 0 spiro atoms. The van der Waals surface area contributed by atoms with E-state index in [1.54, 1.807) is 0 Å². The van der Waals surface area contributed by atoms with Crippen LogP contribution in [0.3, 0.4) is 0 Å². The summed E-state index contributed by atoms with van der Waals surface area (Å²) in [5.74, 6) is 1.21. The van der Waals surface area contributed by atoms with E-state index in [9.17, 15) is 9.59 Å². The first-order valence-corrected chi connectivity index (χ1v) is 11.9. The smallest absolute Gasteiger partial charge is 0.221 e. The van der Waals surface area contributed by atoms with Gasteiger partial charge in [0.1, 0.15) is 5.82 Å². The largest absolute Gasteiger partial charge is 0.358 e. The minimum Gasteiger partial charge on any atom is -0.358 e. The Kier molecular flexibility index (Phi) is 5.54. The number of carbonyl (C=O) groups excluding carboxylic acids is 2. The molecule has 1 aliphatic rings. The summed E-state index contributed by atoms with van der Waals surface area (Å²) in [7, 11) is 0. The van der Waals surface area contributed by atoms with E-state index in [2.05, 4.69) is 20.5 Å². The van der Waals surface area contributed by atoms with Crippen LogP contribution in [-0.4, -0.2) is 36.7 Å². The van der Waals surface area contributed by atoms with Gasteiger partial charge in [0, 0.05) is 40.7 Å². The summed E-state index contributed by atoms with van der Waals surface area (Å²) in [6.07, 6.45) is 2.16. The monoisotopic (exact) mass is 459 g/mol. The number of nitrogens with zero attached hydrogens (tertiary/aromatic N) is 3. The van der Waals surface area contributed by atoms with E-state index in [1.807, 2.05) is 66.9 Å². The predicted molar refractivity (Wildman–Crippen MR) is 130 cm³/mol. The summed E-state index contributed by atoms with van der Waals surface area (Å²) in [5.41, 5.74) is 4.15. The molecule has 0 saturated heterocycles. The van der Waals surface area contributed by atoms with Crippen molar-refractivity contribution in [3.05, 3.63) is 65.6 Å². The van der Waals surface area contributed by atoms with Crippen molar-refractivity contribution >= 4 is 40.0 Å². The Morgan fingerprint density at radius 3 is 2.70 bits per heavy atom. The number of H-pyrrole nitrogens is 1. The lowest BCUT2D eigenvalue weighted by Crippen LogP contribution is -2.15. The number of aryl methyl sites for hydroxylation is 1. The summed E-state index contributed by atoms with van der Waals surface area (Å²) in [5, 5.41) is 13.0. The molecule has 5 rings (SSSR count). The molecule has 8 heteroatoms. The molecule has 1 saturated carbocycles. The lowest BCUT2D eigenvalue weighted by atomic mass is 10.1. The summed E-state index contributed by atoms with van der Waals surface area (Å²) < 4.78 is 2.03. The maximum absolute atomic E-state index is 13.5. The topological polar surface area (TPSA) is 92.7 Å². The number of hydrogen-bond acceptors (Lipinski definition) is 5. The SMILES string of the molecule is CC(=O)Nc1cccc(-n2c(SC(C)C(=O)c3c(C)[nH]c4ccccc34)nnc2C2CC2)c1. The number of fused-ring (bicyclic) bond motifs is 1. The van der Waals surface area contributed by atoms with Gasteiger partial charge in [0.05, 0.1) is 10.9 Å². The van der Waals surface area contributed by atoms with Crippen molar-refractivity contribution in [2.24, 2.45) is 0 Å². The predicted octanol–water partition coefficient (Wildman–Crippen LogP) is 5.26. The number of thioether (sulfide) groups is 1. The van der Waals surface area contributed by atoms with Gasteiger partial charge in [0.25, 0.3) is 0 Å². The number of carbonyl (C=O) groups is 2. The Morgan fingerprint density at radius 1 is 1.15 bits per heavy atom. The van der Waals surface area contributed by atoms with Gasteiger partial charge >= 0.3 is 0 Å². The summed E-state index contributed by atoms with van der Waals surface area (Å²) in [4.78, 5) is 28.3. The van der Waals surface area contributed by atoms with Crippen LogP contribution in [0.4, 0.5) is 5.69 Å². The van der Waals surface area contributed by atoms with Crippen LogP contribution in [0.25, 0.3) is 16.6 Å². The van der Waals surface area contributed by atoms with Crippen molar-refractivity contribution in [1.29, 1.82) is 0 Å². The first-order valence-electron chi connectivity index (χ1n) is 11.0. The van der Waals surface area contributed by atoms with Crippen LogP contribution in [0.15, 0.2) is 53.7 Å². The lowest BCUT2D eigenvalue weighted by Gasteiger charge is -2.14. The Morgan fingerprint density at radius 2 is 1.94 bits per heavy atom. The van der Waals surface area contributed by atoms with Gasteiger partial charge in [-0.2, -0.15) is 0 Å². The van der Waals surface area contributed by atoms with Gasteiger partial charge in [-0.1, -0.05) is 36.0 Å². The maximum atomic E-state index is 13.5. The fourth-order valence-corrected chi connectivity index (χ4v) is 5.07. The third kappa shape index (κ3) is 4.18. The normalized spacial score (nSPS) is 14.4. The van der Waals surface area contributed by atoms with Gasteiger partial charge < -0.3 is 10.3 Å². The molecule has 2 N–H and O–H groups in total. The van der Waals surface area contributed by atoms with Crippen molar-refractivity contribution in [2.45, 2.75) is 49.9 Å². The molecule has 2 aromatic heterocycles. The van der Waals surface area contributed by atoms with Crippen molar-refractivity contribution in [3.63, 3.8) is 0 Å². The highest BCUT2D eigenvalue weighted by Crippen LogP contribution is 2.42. The second kappa shape index (κ2) is 8.51. The number of benzene rings is 2. The van der Waals surface area contributed by atoms with E-state index < -0.39 is 0 Å². The molecular weight excluding hydrogens is 434 g/mol. The fourth-order valence-electron chi connectivity index (χ4n) is 4.14. The third-order valence-electron chi connectivity index (χ3n) is 5.82. The molecule has 0 aliphatic heterocycles. The molecule has 2 aromatic carbocycles. The van der Waals surface area contributed by atoms with E-state index in [0.717, 1.165) is 46.5 Å². The van der Waals surface area contributed by atoms with Gasteiger partial charge in [-0.3, -0.25) is 14.2 Å². The van der Waals surface area contributed by atoms with Crippen molar-refractivity contribution in [1.82, 2.24) is 19.7 Å². The van der Waals surface area contributed by atoms with Crippen LogP contribution in [0.5, 0.6) is 0 Å². The Hall–Kier alpha value is -3.39. The van der Waals surface area contributed by atoms with Crippen LogP contribution in [0.2, 0.25) is 0 Å².